The van der Waals surface area contributed by atoms with E-state index in [4.69, 9.17) is 14.2 Å². The highest BCUT2D eigenvalue weighted by atomic mass is 16.5. The normalized spacial score (nSPS) is 12.3. The predicted octanol–water partition coefficient (Wildman–Crippen LogP) is 2.08. The zero-order valence-electron chi connectivity index (χ0n) is 14.1. The summed E-state index contributed by atoms with van der Waals surface area (Å²) < 4.78 is 16.2. The van der Waals surface area contributed by atoms with Gasteiger partial charge in [0.05, 0.1) is 39.4 Å². The molecular weight excluding hydrogens is 298 g/mol. The van der Waals surface area contributed by atoms with E-state index >= 15 is 0 Å². The van der Waals surface area contributed by atoms with E-state index in [0.29, 0.717) is 28.6 Å². The first-order valence-electron chi connectivity index (χ1n) is 7.38. The molecule has 1 aromatic heterocycles. The molecule has 0 radical (unpaired) electrons. The smallest absolute Gasteiger partial charge is 0.205 e. The van der Waals surface area contributed by atoms with Crippen LogP contribution in [0.5, 0.6) is 17.2 Å². The number of rotatable bonds is 7. The van der Waals surface area contributed by atoms with Crippen molar-refractivity contribution in [2.45, 2.75) is 19.9 Å². The maximum atomic E-state index is 9.54. The van der Waals surface area contributed by atoms with Gasteiger partial charge in [-0.2, -0.15) is 0 Å². The lowest BCUT2D eigenvalue weighted by Gasteiger charge is -2.22. The Hall–Kier alpha value is -2.28. The lowest BCUT2D eigenvalue weighted by molar-refractivity contribution is 0.249. The molecular formula is C16H23N3O4. The van der Waals surface area contributed by atoms with Crippen molar-refractivity contribution in [2.75, 3.05) is 33.3 Å². The van der Waals surface area contributed by atoms with Crippen LogP contribution in [0, 0.1) is 5.92 Å². The Morgan fingerprint density at radius 2 is 1.78 bits per heavy atom. The zero-order chi connectivity index (χ0) is 17.0. The van der Waals surface area contributed by atoms with Crippen LogP contribution in [0.1, 0.15) is 13.8 Å². The lowest BCUT2D eigenvalue weighted by Crippen LogP contribution is -2.30. The fraction of sp³-hybridized carbons (Fsp3) is 0.500. The van der Waals surface area contributed by atoms with Gasteiger partial charge in [-0.3, -0.25) is 0 Å². The van der Waals surface area contributed by atoms with E-state index < -0.39 is 0 Å². The molecule has 23 heavy (non-hydrogen) atoms. The SMILES string of the molecule is COc1cc2c(N[C@H](CO)C(C)C)ncnc2c(OC)c1OC. The van der Waals surface area contributed by atoms with Crippen molar-refractivity contribution in [3.63, 3.8) is 0 Å². The number of nitrogens with one attached hydrogen (secondary N) is 1. The minimum absolute atomic E-state index is 0.00753. The molecule has 0 fully saturated rings. The summed E-state index contributed by atoms with van der Waals surface area (Å²) in [5.41, 5.74) is 0.614. The maximum Gasteiger partial charge on any atom is 0.205 e. The first-order valence-corrected chi connectivity index (χ1v) is 7.38. The van der Waals surface area contributed by atoms with Crippen LogP contribution in [0.25, 0.3) is 10.9 Å². The Labute approximate surface area is 135 Å². The third kappa shape index (κ3) is 3.24. The molecule has 7 nitrogen and oxygen atoms in total. The standard InChI is InChI=1S/C16H23N3O4/c1-9(2)11(7-20)19-16-10-6-12(21-3)14(22-4)15(23-5)13(10)17-8-18-16/h6,8-9,11,20H,7H2,1-5H3,(H,17,18,19)/t11-/m1/s1. The molecule has 2 aromatic rings. The molecule has 0 saturated carbocycles. The summed E-state index contributed by atoms with van der Waals surface area (Å²) in [4.78, 5) is 8.60. The molecule has 0 saturated heterocycles. The number of ether oxygens (including phenoxy) is 3. The Kier molecular flexibility index (Phi) is 5.44. The van der Waals surface area contributed by atoms with Crippen molar-refractivity contribution < 1.29 is 19.3 Å². The Morgan fingerprint density at radius 1 is 1.09 bits per heavy atom. The first kappa shape index (κ1) is 17.1. The van der Waals surface area contributed by atoms with E-state index in [1.165, 1.54) is 6.33 Å². The van der Waals surface area contributed by atoms with Crippen LogP contribution in [0.3, 0.4) is 0 Å². The average Bonchev–Trinajstić information content (AvgIpc) is 2.57. The van der Waals surface area contributed by atoms with Crippen molar-refractivity contribution in [2.24, 2.45) is 5.92 Å². The number of hydrogen-bond donors (Lipinski definition) is 2. The molecule has 1 atom stereocenters. The van der Waals surface area contributed by atoms with Crippen molar-refractivity contribution in [1.29, 1.82) is 0 Å². The van der Waals surface area contributed by atoms with E-state index in [9.17, 15) is 5.11 Å². The first-order chi connectivity index (χ1) is 11.1. The van der Waals surface area contributed by atoms with Crippen molar-refractivity contribution in [3.05, 3.63) is 12.4 Å². The predicted molar refractivity (Wildman–Crippen MR) is 88.5 cm³/mol. The molecule has 0 bridgehead atoms. The van der Waals surface area contributed by atoms with Gasteiger partial charge >= 0.3 is 0 Å². The summed E-state index contributed by atoms with van der Waals surface area (Å²) in [5, 5.41) is 13.5. The summed E-state index contributed by atoms with van der Waals surface area (Å²) in [6.45, 7) is 4.07. The second-order valence-electron chi connectivity index (χ2n) is 5.44. The van der Waals surface area contributed by atoms with E-state index in [1.54, 1.807) is 27.4 Å². The van der Waals surface area contributed by atoms with Crippen LogP contribution in [0.4, 0.5) is 5.82 Å². The van der Waals surface area contributed by atoms with Crippen LogP contribution in [0.2, 0.25) is 0 Å². The Morgan fingerprint density at radius 3 is 2.30 bits per heavy atom. The second kappa shape index (κ2) is 7.32. The van der Waals surface area contributed by atoms with Crippen molar-refractivity contribution in [3.8, 4) is 17.2 Å². The Balaban J connectivity index is 2.64. The van der Waals surface area contributed by atoms with Gasteiger partial charge in [0.25, 0.3) is 0 Å². The van der Waals surface area contributed by atoms with E-state index in [2.05, 4.69) is 15.3 Å². The van der Waals surface area contributed by atoms with Gasteiger partial charge < -0.3 is 24.6 Å². The third-order valence-corrected chi connectivity index (χ3v) is 3.76. The highest BCUT2D eigenvalue weighted by molar-refractivity contribution is 5.96. The van der Waals surface area contributed by atoms with E-state index in [-0.39, 0.29) is 18.6 Å². The highest BCUT2D eigenvalue weighted by Gasteiger charge is 2.21. The number of aliphatic hydroxyl groups is 1. The van der Waals surface area contributed by atoms with Crippen LogP contribution >= 0.6 is 0 Å². The maximum absolute atomic E-state index is 9.54. The molecule has 1 aromatic carbocycles. The molecule has 126 valence electrons. The molecule has 0 aliphatic carbocycles. The van der Waals surface area contributed by atoms with E-state index in [0.717, 1.165) is 5.39 Å². The number of methoxy groups -OCH3 is 3. The fourth-order valence-corrected chi connectivity index (χ4v) is 2.38. The number of aromatic nitrogens is 2. The molecule has 0 spiro atoms. The minimum atomic E-state index is -0.118. The minimum Gasteiger partial charge on any atom is -0.493 e. The highest BCUT2D eigenvalue weighted by Crippen LogP contribution is 2.43. The van der Waals surface area contributed by atoms with Gasteiger partial charge in [0.15, 0.2) is 11.5 Å². The summed E-state index contributed by atoms with van der Waals surface area (Å²) in [6, 6.07) is 1.68. The quantitative estimate of drug-likeness (QED) is 0.807. The number of aliphatic hydroxyl groups excluding tert-OH is 1. The summed E-state index contributed by atoms with van der Waals surface area (Å²) >= 11 is 0. The monoisotopic (exact) mass is 321 g/mol. The molecule has 7 heteroatoms. The molecule has 0 amide bonds. The number of hydrogen-bond acceptors (Lipinski definition) is 7. The van der Waals surface area contributed by atoms with Crippen LogP contribution in [-0.2, 0) is 0 Å². The molecule has 1 heterocycles. The fourth-order valence-electron chi connectivity index (χ4n) is 2.38. The lowest BCUT2D eigenvalue weighted by atomic mass is 10.1. The summed E-state index contributed by atoms with van der Waals surface area (Å²) in [6.07, 6.45) is 1.45. The average molecular weight is 321 g/mol. The number of fused-ring (bicyclic) bond motifs is 1. The van der Waals surface area contributed by atoms with Gasteiger partial charge in [-0.05, 0) is 12.0 Å². The van der Waals surface area contributed by atoms with Crippen LogP contribution in [-0.4, -0.2) is 49.1 Å². The molecule has 0 unspecified atom stereocenters. The summed E-state index contributed by atoms with van der Waals surface area (Å²) in [7, 11) is 4.66. The van der Waals surface area contributed by atoms with Crippen LogP contribution in [0.15, 0.2) is 12.4 Å². The molecule has 2 rings (SSSR count). The zero-order valence-corrected chi connectivity index (χ0v) is 14.1. The molecule has 0 aliphatic rings. The molecule has 2 N–H and O–H groups in total. The summed E-state index contributed by atoms with van der Waals surface area (Å²) in [5.74, 6) is 2.35. The largest absolute Gasteiger partial charge is 0.493 e. The Bertz CT molecular complexity index is 676. The number of benzene rings is 1. The van der Waals surface area contributed by atoms with E-state index in [1.807, 2.05) is 13.8 Å². The van der Waals surface area contributed by atoms with Gasteiger partial charge in [-0.1, -0.05) is 13.8 Å². The van der Waals surface area contributed by atoms with Crippen molar-refractivity contribution in [1.82, 2.24) is 9.97 Å². The van der Waals surface area contributed by atoms with Gasteiger partial charge in [-0.25, -0.2) is 9.97 Å². The third-order valence-electron chi connectivity index (χ3n) is 3.76. The second-order valence-corrected chi connectivity index (χ2v) is 5.44. The van der Waals surface area contributed by atoms with Gasteiger partial charge in [-0.15, -0.1) is 0 Å². The van der Waals surface area contributed by atoms with Crippen molar-refractivity contribution >= 4 is 16.7 Å². The van der Waals surface area contributed by atoms with Gasteiger partial charge in [0.1, 0.15) is 17.7 Å². The number of nitrogens with zero attached hydrogens (tertiary/aromatic N) is 2. The van der Waals surface area contributed by atoms with Crippen LogP contribution < -0.4 is 19.5 Å². The molecule has 0 aliphatic heterocycles. The van der Waals surface area contributed by atoms with Gasteiger partial charge in [0.2, 0.25) is 5.75 Å². The number of anilines is 1. The van der Waals surface area contributed by atoms with Gasteiger partial charge in [0, 0.05) is 0 Å². The topological polar surface area (TPSA) is 85.7 Å².